The Balaban J connectivity index is 1.52. The summed E-state index contributed by atoms with van der Waals surface area (Å²) < 4.78 is 6.14. The number of carbonyl (C=O) groups is 2. The molecule has 0 aromatic heterocycles. The van der Waals surface area contributed by atoms with E-state index >= 15 is 0 Å². The molecule has 0 aliphatic carbocycles. The number of morpholine rings is 1. The molecule has 0 saturated carbocycles. The highest BCUT2D eigenvalue weighted by molar-refractivity contribution is 9.10. The molecule has 0 unspecified atom stereocenters. The Morgan fingerprint density at radius 1 is 1.37 bits per heavy atom. The van der Waals surface area contributed by atoms with E-state index < -0.39 is 11.5 Å². The first-order valence-electron chi connectivity index (χ1n) is 9.21. The Bertz CT molecular complexity index is 691. The number of amides is 2. The van der Waals surface area contributed by atoms with E-state index in [0.717, 1.165) is 23.2 Å². The quantitative estimate of drug-likeness (QED) is 0.690. The predicted molar refractivity (Wildman–Crippen MR) is 105 cm³/mol. The lowest BCUT2D eigenvalue weighted by molar-refractivity contribution is -0.127. The summed E-state index contributed by atoms with van der Waals surface area (Å²) in [6.07, 6.45) is 0.179. The number of ether oxygens (including phenoxy) is 1. The van der Waals surface area contributed by atoms with E-state index in [1.807, 2.05) is 24.3 Å². The average Bonchev–Trinajstić information content (AvgIpc) is 3.02. The number of hydrogen-bond acceptors (Lipinski definition) is 5. The van der Waals surface area contributed by atoms with Crippen LogP contribution in [0.15, 0.2) is 28.7 Å². The lowest BCUT2D eigenvalue weighted by Crippen LogP contribution is -2.52. The predicted octanol–water partition coefficient (Wildman–Crippen LogP) is 1.00. The molecule has 0 bridgehead atoms. The van der Waals surface area contributed by atoms with Crippen LogP contribution >= 0.6 is 15.9 Å². The molecule has 2 atom stereocenters. The van der Waals surface area contributed by atoms with Crippen LogP contribution in [-0.4, -0.2) is 73.4 Å². The van der Waals surface area contributed by atoms with Crippen LogP contribution in [0.1, 0.15) is 13.3 Å². The zero-order valence-electron chi connectivity index (χ0n) is 15.5. The van der Waals surface area contributed by atoms with E-state index in [4.69, 9.17) is 4.74 Å². The Hall–Kier alpha value is -1.48. The van der Waals surface area contributed by atoms with Gasteiger partial charge in [-0.2, -0.15) is 0 Å². The maximum atomic E-state index is 12.5. The van der Waals surface area contributed by atoms with Crippen LogP contribution in [0, 0.1) is 5.92 Å². The van der Waals surface area contributed by atoms with Crippen molar-refractivity contribution in [2.75, 3.05) is 50.8 Å². The van der Waals surface area contributed by atoms with Gasteiger partial charge >= 0.3 is 0 Å². The standard InChI is InChI=1S/C19H26BrN3O4/c1-19(26,13-22-6-8-27-9-7-22)12-21-18(25)14-10-17(24)23(11-14)16-5-3-2-4-15(16)20/h2-5,14,26H,6-13H2,1H3,(H,21,25)/t14-,19-/m0/s1. The molecule has 2 aliphatic heterocycles. The third-order valence-corrected chi connectivity index (χ3v) is 5.62. The van der Waals surface area contributed by atoms with Crippen molar-refractivity contribution < 1.29 is 19.4 Å². The third-order valence-electron chi connectivity index (χ3n) is 4.95. The van der Waals surface area contributed by atoms with Crippen LogP contribution < -0.4 is 10.2 Å². The number of hydrogen-bond donors (Lipinski definition) is 2. The minimum Gasteiger partial charge on any atom is -0.387 e. The van der Waals surface area contributed by atoms with Crippen molar-refractivity contribution >= 4 is 33.4 Å². The monoisotopic (exact) mass is 439 g/mol. The summed E-state index contributed by atoms with van der Waals surface area (Å²) >= 11 is 3.45. The molecular formula is C19H26BrN3O4. The number of halogens is 1. The number of para-hydroxylation sites is 1. The van der Waals surface area contributed by atoms with Crippen LogP contribution in [-0.2, 0) is 14.3 Å². The zero-order valence-corrected chi connectivity index (χ0v) is 17.1. The fourth-order valence-corrected chi connectivity index (χ4v) is 4.00. The number of β-amino-alcohol motifs (C(OH)–C–C–N with tert-alkyl or cyclic N) is 1. The number of rotatable bonds is 6. The van der Waals surface area contributed by atoms with Gasteiger partial charge in [-0.05, 0) is 35.0 Å². The molecule has 27 heavy (non-hydrogen) atoms. The summed E-state index contributed by atoms with van der Waals surface area (Å²) in [6.45, 7) is 5.58. The maximum absolute atomic E-state index is 12.5. The van der Waals surface area contributed by atoms with Gasteiger partial charge in [0.1, 0.15) is 0 Å². The molecule has 2 amide bonds. The van der Waals surface area contributed by atoms with E-state index in [9.17, 15) is 14.7 Å². The Morgan fingerprint density at radius 2 is 2.07 bits per heavy atom. The van der Waals surface area contributed by atoms with Gasteiger partial charge in [-0.3, -0.25) is 14.5 Å². The number of carbonyl (C=O) groups excluding carboxylic acids is 2. The van der Waals surface area contributed by atoms with Crippen LogP contribution in [0.3, 0.4) is 0 Å². The number of nitrogens with zero attached hydrogens (tertiary/aromatic N) is 2. The van der Waals surface area contributed by atoms with Crippen molar-refractivity contribution in [1.29, 1.82) is 0 Å². The first-order chi connectivity index (χ1) is 12.9. The maximum Gasteiger partial charge on any atom is 0.227 e. The van der Waals surface area contributed by atoms with Crippen molar-refractivity contribution in [3.8, 4) is 0 Å². The first kappa shape index (κ1) is 20.3. The largest absolute Gasteiger partial charge is 0.387 e. The topological polar surface area (TPSA) is 82.1 Å². The van der Waals surface area contributed by atoms with Crippen molar-refractivity contribution in [2.24, 2.45) is 5.92 Å². The van der Waals surface area contributed by atoms with E-state index in [-0.39, 0.29) is 24.8 Å². The zero-order chi connectivity index (χ0) is 19.4. The lowest BCUT2D eigenvalue weighted by atomic mass is 10.0. The van der Waals surface area contributed by atoms with Gasteiger partial charge in [0.15, 0.2) is 0 Å². The summed E-state index contributed by atoms with van der Waals surface area (Å²) in [6, 6.07) is 7.48. The third kappa shape index (κ3) is 5.28. The normalized spacial score (nSPS) is 23.3. The molecule has 2 heterocycles. The summed E-state index contributed by atoms with van der Waals surface area (Å²) in [5.74, 6) is -0.675. The Labute approximate surface area is 167 Å². The summed E-state index contributed by atoms with van der Waals surface area (Å²) in [4.78, 5) is 28.7. The van der Waals surface area contributed by atoms with Gasteiger partial charge < -0.3 is 20.1 Å². The van der Waals surface area contributed by atoms with E-state index in [1.165, 1.54) is 0 Å². The van der Waals surface area contributed by atoms with E-state index in [1.54, 1.807) is 11.8 Å². The first-order valence-corrected chi connectivity index (χ1v) is 10.0. The molecular weight excluding hydrogens is 414 g/mol. The highest BCUT2D eigenvalue weighted by Gasteiger charge is 2.36. The fraction of sp³-hybridized carbons (Fsp3) is 0.579. The van der Waals surface area contributed by atoms with Crippen LogP contribution in [0.25, 0.3) is 0 Å². The van der Waals surface area contributed by atoms with Gasteiger partial charge in [0.2, 0.25) is 11.8 Å². The van der Waals surface area contributed by atoms with Gasteiger partial charge in [0.05, 0.1) is 30.4 Å². The minimum absolute atomic E-state index is 0.0675. The second-order valence-electron chi connectivity index (χ2n) is 7.46. The molecule has 3 rings (SSSR count). The summed E-state index contributed by atoms with van der Waals surface area (Å²) in [5.41, 5.74) is -0.255. The average molecular weight is 440 g/mol. The van der Waals surface area contributed by atoms with Crippen LogP contribution in [0.2, 0.25) is 0 Å². The number of nitrogens with one attached hydrogen (secondary N) is 1. The van der Waals surface area contributed by atoms with Gasteiger partial charge in [-0.15, -0.1) is 0 Å². The van der Waals surface area contributed by atoms with Crippen molar-refractivity contribution in [2.45, 2.75) is 18.9 Å². The molecule has 148 valence electrons. The van der Waals surface area contributed by atoms with Crippen molar-refractivity contribution in [3.63, 3.8) is 0 Å². The summed E-state index contributed by atoms with van der Waals surface area (Å²) in [5, 5.41) is 13.4. The van der Waals surface area contributed by atoms with E-state index in [0.29, 0.717) is 26.3 Å². The Morgan fingerprint density at radius 3 is 2.78 bits per heavy atom. The molecule has 0 radical (unpaired) electrons. The van der Waals surface area contributed by atoms with E-state index in [2.05, 4.69) is 26.1 Å². The van der Waals surface area contributed by atoms with Gasteiger partial charge in [0, 0.05) is 43.6 Å². The highest BCUT2D eigenvalue weighted by atomic mass is 79.9. The minimum atomic E-state index is -1.03. The van der Waals surface area contributed by atoms with Crippen LogP contribution in [0.5, 0.6) is 0 Å². The molecule has 1 aromatic carbocycles. The SMILES string of the molecule is C[C@](O)(CNC(=O)[C@H]1CC(=O)N(c2ccccc2Br)C1)CN1CCOCC1. The number of benzene rings is 1. The van der Waals surface area contributed by atoms with Crippen molar-refractivity contribution in [3.05, 3.63) is 28.7 Å². The molecule has 2 N–H and O–H groups in total. The van der Waals surface area contributed by atoms with Gasteiger partial charge in [0.25, 0.3) is 0 Å². The smallest absolute Gasteiger partial charge is 0.227 e. The molecule has 1 aromatic rings. The fourth-order valence-electron chi connectivity index (χ4n) is 3.51. The van der Waals surface area contributed by atoms with Crippen molar-refractivity contribution in [1.82, 2.24) is 10.2 Å². The number of anilines is 1. The highest BCUT2D eigenvalue weighted by Crippen LogP contribution is 2.31. The van der Waals surface area contributed by atoms with Gasteiger partial charge in [-0.1, -0.05) is 12.1 Å². The molecule has 8 heteroatoms. The number of aliphatic hydroxyl groups is 1. The molecule has 2 aliphatic rings. The Kier molecular flexibility index (Phi) is 6.52. The second-order valence-corrected chi connectivity index (χ2v) is 8.31. The molecule has 7 nitrogen and oxygen atoms in total. The lowest BCUT2D eigenvalue weighted by Gasteiger charge is -2.34. The van der Waals surface area contributed by atoms with Gasteiger partial charge in [-0.25, -0.2) is 0 Å². The summed E-state index contributed by atoms with van der Waals surface area (Å²) in [7, 11) is 0. The second kappa shape index (κ2) is 8.68. The molecule has 0 spiro atoms. The molecule has 2 saturated heterocycles. The van der Waals surface area contributed by atoms with Crippen LogP contribution in [0.4, 0.5) is 5.69 Å². The molecule has 2 fully saturated rings.